The number of nitrogens with one attached hydrogen (secondary N) is 1. The molecule has 2 N–H and O–H groups in total. The molecule has 0 bridgehead atoms. The molecule has 1 aromatic rings. The van der Waals surface area contributed by atoms with Crippen LogP contribution < -0.4 is 14.8 Å². The number of benzene rings is 1. The summed E-state index contributed by atoms with van der Waals surface area (Å²) < 4.78 is 10.8. The Morgan fingerprint density at radius 2 is 2.29 bits per heavy atom. The van der Waals surface area contributed by atoms with Gasteiger partial charge in [0.1, 0.15) is 5.75 Å². The minimum Gasteiger partial charge on any atom is -0.506 e. The molecule has 3 rings (SSSR count). The van der Waals surface area contributed by atoms with Gasteiger partial charge in [-0.1, -0.05) is 11.6 Å². The van der Waals surface area contributed by atoms with Gasteiger partial charge in [-0.15, -0.1) is 0 Å². The van der Waals surface area contributed by atoms with Gasteiger partial charge < -0.3 is 19.9 Å². The lowest BCUT2D eigenvalue weighted by molar-refractivity contribution is 0.171. The van der Waals surface area contributed by atoms with E-state index in [1.807, 2.05) is 6.92 Å². The summed E-state index contributed by atoms with van der Waals surface area (Å²) in [5.74, 6) is 1.31. The number of phenolic OH excluding ortho intramolecular Hbond substituents is 1. The van der Waals surface area contributed by atoms with Gasteiger partial charge in [0.15, 0.2) is 11.5 Å². The number of ether oxygens (including phenoxy) is 2. The van der Waals surface area contributed by atoms with Gasteiger partial charge in [0, 0.05) is 11.6 Å². The van der Waals surface area contributed by atoms with E-state index in [9.17, 15) is 5.11 Å². The molecule has 0 amide bonds. The van der Waals surface area contributed by atoms with Gasteiger partial charge in [0.05, 0.1) is 10.6 Å². The maximum Gasteiger partial charge on any atom is 0.231 e. The largest absolute Gasteiger partial charge is 0.506 e. The maximum atomic E-state index is 10.2. The molecule has 1 atom stereocenters. The standard InChI is InChI=1S/C12H14ClNO3/c1-12(3-2-4-14-12)9-10(15)7(13)5-8-11(9)17-6-16-8/h5,14-15H,2-4,6H2,1H3. The zero-order valence-electron chi connectivity index (χ0n) is 9.55. The second kappa shape index (κ2) is 3.68. The first-order chi connectivity index (χ1) is 8.12. The Balaban J connectivity index is 2.21. The highest BCUT2D eigenvalue weighted by Gasteiger charge is 2.39. The van der Waals surface area contributed by atoms with Crippen molar-refractivity contribution < 1.29 is 14.6 Å². The zero-order chi connectivity index (χ0) is 12.0. The molecule has 1 fully saturated rings. The Labute approximate surface area is 104 Å². The third-order valence-corrected chi connectivity index (χ3v) is 3.80. The second-order valence-corrected chi connectivity index (χ2v) is 5.09. The highest BCUT2D eigenvalue weighted by molar-refractivity contribution is 6.32. The minimum absolute atomic E-state index is 0.0906. The van der Waals surface area contributed by atoms with E-state index in [0.717, 1.165) is 24.9 Å². The number of hydrogen-bond acceptors (Lipinski definition) is 4. The number of aromatic hydroxyl groups is 1. The summed E-state index contributed by atoms with van der Waals surface area (Å²) in [6, 6.07) is 1.60. The van der Waals surface area contributed by atoms with Gasteiger partial charge in [0.25, 0.3) is 0 Å². The molecule has 92 valence electrons. The van der Waals surface area contributed by atoms with Gasteiger partial charge in [-0.05, 0) is 26.3 Å². The van der Waals surface area contributed by atoms with Crippen molar-refractivity contribution in [3.8, 4) is 17.2 Å². The van der Waals surface area contributed by atoms with Crippen LogP contribution in [0.1, 0.15) is 25.3 Å². The molecule has 4 nitrogen and oxygen atoms in total. The van der Waals surface area contributed by atoms with E-state index < -0.39 is 0 Å². The summed E-state index contributed by atoms with van der Waals surface area (Å²) >= 11 is 6.02. The first-order valence-electron chi connectivity index (χ1n) is 5.68. The van der Waals surface area contributed by atoms with Crippen molar-refractivity contribution in [2.45, 2.75) is 25.3 Å². The van der Waals surface area contributed by atoms with Gasteiger partial charge in [-0.2, -0.15) is 0 Å². The Kier molecular flexibility index (Phi) is 2.38. The van der Waals surface area contributed by atoms with Crippen molar-refractivity contribution in [2.75, 3.05) is 13.3 Å². The fourth-order valence-electron chi connectivity index (χ4n) is 2.62. The van der Waals surface area contributed by atoms with Crippen LogP contribution in [0.3, 0.4) is 0 Å². The number of hydrogen-bond donors (Lipinski definition) is 2. The Hall–Kier alpha value is -1.13. The number of rotatable bonds is 1. The molecule has 2 aliphatic rings. The van der Waals surface area contributed by atoms with Crippen molar-refractivity contribution >= 4 is 11.6 Å². The third kappa shape index (κ3) is 1.55. The minimum atomic E-state index is -0.299. The van der Waals surface area contributed by atoms with E-state index in [1.54, 1.807) is 6.07 Å². The quantitative estimate of drug-likeness (QED) is 0.809. The highest BCUT2D eigenvalue weighted by atomic mass is 35.5. The van der Waals surface area contributed by atoms with Gasteiger partial charge in [-0.3, -0.25) is 0 Å². The monoisotopic (exact) mass is 255 g/mol. The Morgan fingerprint density at radius 3 is 3.00 bits per heavy atom. The van der Waals surface area contributed by atoms with Crippen LogP contribution >= 0.6 is 11.6 Å². The number of phenols is 1. The van der Waals surface area contributed by atoms with E-state index in [2.05, 4.69) is 5.32 Å². The molecule has 1 saturated heterocycles. The van der Waals surface area contributed by atoms with Gasteiger partial charge >= 0.3 is 0 Å². The van der Waals surface area contributed by atoms with Crippen LogP contribution in [0, 0.1) is 0 Å². The first kappa shape index (κ1) is 11.0. The van der Waals surface area contributed by atoms with Crippen LogP contribution in [-0.2, 0) is 5.54 Å². The predicted molar refractivity (Wildman–Crippen MR) is 63.8 cm³/mol. The lowest BCUT2D eigenvalue weighted by atomic mass is 9.88. The van der Waals surface area contributed by atoms with Crippen molar-refractivity contribution in [3.05, 3.63) is 16.7 Å². The van der Waals surface area contributed by atoms with Crippen molar-refractivity contribution in [1.29, 1.82) is 0 Å². The lowest BCUT2D eigenvalue weighted by Gasteiger charge is -2.27. The summed E-state index contributed by atoms with van der Waals surface area (Å²) in [5, 5.41) is 13.9. The van der Waals surface area contributed by atoms with Crippen molar-refractivity contribution in [3.63, 3.8) is 0 Å². The molecule has 0 radical (unpaired) electrons. The number of halogens is 1. The van der Waals surface area contributed by atoms with Crippen molar-refractivity contribution in [1.82, 2.24) is 5.32 Å². The van der Waals surface area contributed by atoms with Crippen LogP contribution in [0.2, 0.25) is 5.02 Å². The van der Waals surface area contributed by atoms with Crippen molar-refractivity contribution in [2.24, 2.45) is 0 Å². The summed E-state index contributed by atoms with van der Waals surface area (Å²) in [6.45, 7) is 3.16. The summed E-state index contributed by atoms with van der Waals surface area (Å²) in [4.78, 5) is 0. The fourth-order valence-corrected chi connectivity index (χ4v) is 2.82. The van der Waals surface area contributed by atoms with Crippen LogP contribution in [0.5, 0.6) is 17.2 Å². The van der Waals surface area contributed by atoms with Crippen LogP contribution in [0.25, 0.3) is 0 Å². The van der Waals surface area contributed by atoms with Crippen LogP contribution in [0.4, 0.5) is 0 Å². The summed E-state index contributed by atoms with van der Waals surface area (Å²) in [6.07, 6.45) is 2.01. The van der Waals surface area contributed by atoms with E-state index in [0.29, 0.717) is 16.5 Å². The summed E-state index contributed by atoms with van der Waals surface area (Å²) in [5.41, 5.74) is 0.419. The second-order valence-electron chi connectivity index (χ2n) is 4.68. The van der Waals surface area contributed by atoms with Gasteiger partial charge in [0.2, 0.25) is 6.79 Å². The van der Waals surface area contributed by atoms with Crippen LogP contribution in [0.15, 0.2) is 6.07 Å². The zero-order valence-corrected chi connectivity index (χ0v) is 10.3. The number of fused-ring (bicyclic) bond motifs is 1. The Morgan fingerprint density at radius 1 is 1.47 bits per heavy atom. The highest BCUT2D eigenvalue weighted by Crippen LogP contribution is 2.51. The molecule has 0 aliphatic carbocycles. The van der Waals surface area contributed by atoms with Crippen LogP contribution in [-0.4, -0.2) is 18.4 Å². The van der Waals surface area contributed by atoms with Gasteiger partial charge in [-0.25, -0.2) is 0 Å². The topological polar surface area (TPSA) is 50.7 Å². The molecule has 17 heavy (non-hydrogen) atoms. The van der Waals surface area contributed by atoms with E-state index >= 15 is 0 Å². The maximum absolute atomic E-state index is 10.2. The SMILES string of the molecule is CC1(c2c(O)c(Cl)cc3c2OCO3)CCCN1. The fraction of sp³-hybridized carbons (Fsp3) is 0.500. The molecule has 1 unspecified atom stereocenters. The molecule has 0 aromatic heterocycles. The average Bonchev–Trinajstić information content (AvgIpc) is 2.89. The molecule has 2 heterocycles. The Bertz CT molecular complexity index is 469. The van der Waals surface area contributed by atoms with E-state index in [-0.39, 0.29) is 18.1 Å². The third-order valence-electron chi connectivity index (χ3n) is 3.51. The lowest BCUT2D eigenvalue weighted by Crippen LogP contribution is -2.33. The molecule has 5 heteroatoms. The smallest absolute Gasteiger partial charge is 0.231 e. The average molecular weight is 256 g/mol. The first-order valence-corrected chi connectivity index (χ1v) is 6.06. The van der Waals surface area contributed by atoms with E-state index in [4.69, 9.17) is 21.1 Å². The molecule has 0 saturated carbocycles. The molecule has 1 aromatic carbocycles. The molecular weight excluding hydrogens is 242 g/mol. The molecule has 2 aliphatic heterocycles. The normalized spacial score (nSPS) is 26.5. The molecule has 0 spiro atoms. The summed E-state index contributed by atoms with van der Waals surface area (Å²) in [7, 11) is 0. The molecular formula is C12H14ClNO3. The van der Waals surface area contributed by atoms with E-state index in [1.165, 1.54) is 0 Å². The predicted octanol–water partition coefficient (Wildman–Crippen LogP) is 2.37.